The van der Waals surface area contributed by atoms with E-state index in [0.717, 1.165) is 11.8 Å². The van der Waals surface area contributed by atoms with Crippen molar-refractivity contribution in [2.24, 2.45) is 11.8 Å². The molecule has 0 saturated carbocycles. The zero-order valence-electron chi connectivity index (χ0n) is 12.2. The molecular weight excluding hydrogens is 192 g/mol. The van der Waals surface area contributed by atoms with E-state index in [0.29, 0.717) is 0 Å². The molecule has 16 heavy (non-hydrogen) atoms. The van der Waals surface area contributed by atoms with Crippen molar-refractivity contribution in [1.29, 1.82) is 0 Å². The van der Waals surface area contributed by atoms with Crippen LogP contribution in [0.15, 0.2) is 0 Å². The van der Waals surface area contributed by atoms with E-state index >= 15 is 0 Å². The van der Waals surface area contributed by atoms with Gasteiger partial charge >= 0.3 is 0 Å². The Hall–Kier alpha value is 0. The molecule has 0 amide bonds. The average molecular weight is 226 g/mol. The molecular formula is C16H34. The molecule has 0 heterocycles. The van der Waals surface area contributed by atoms with Gasteiger partial charge in [0.15, 0.2) is 0 Å². The first-order valence-electron chi connectivity index (χ1n) is 7.70. The maximum absolute atomic E-state index is 2.36. The monoisotopic (exact) mass is 226 g/mol. The minimum atomic E-state index is 0.886. The van der Waals surface area contributed by atoms with Crippen LogP contribution in [0.2, 0.25) is 0 Å². The van der Waals surface area contributed by atoms with Crippen LogP contribution in [-0.4, -0.2) is 0 Å². The molecule has 0 heteroatoms. The molecule has 0 aliphatic rings. The Balaban J connectivity index is 3.44. The first-order chi connectivity index (χ1) is 7.70. The highest BCUT2D eigenvalue weighted by molar-refractivity contribution is 4.61. The zero-order chi connectivity index (χ0) is 12.2. The van der Waals surface area contributed by atoms with Crippen molar-refractivity contribution >= 4 is 0 Å². The lowest BCUT2D eigenvalue weighted by Crippen LogP contribution is -2.04. The Morgan fingerprint density at radius 1 is 0.688 bits per heavy atom. The molecule has 0 rings (SSSR count). The maximum atomic E-state index is 2.36. The van der Waals surface area contributed by atoms with Gasteiger partial charge in [-0.25, -0.2) is 0 Å². The fourth-order valence-electron chi connectivity index (χ4n) is 2.67. The second-order valence-corrected chi connectivity index (χ2v) is 5.84. The van der Waals surface area contributed by atoms with Crippen molar-refractivity contribution in [2.75, 3.05) is 0 Å². The zero-order valence-corrected chi connectivity index (χ0v) is 12.2. The second-order valence-electron chi connectivity index (χ2n) is 5.84. The van der Waals surface area contributed by atoms with Crippen LogP contribution in [0.5, 0.6) is 0 Å². The third-order valence-corrected chi connectivity index (χ3v) is 3.47. The van der Waals surface area contributed by atoms with Crippen molar-refractivity contribution in [3.05, 3.63) is 0 Å². The number of rotatable bonds is 11. The van der Waals surface area contributed by atoms with E-state index in [1.54, 1.807) is 0 Å². The summed E-state index contributed by atoms with van der Waals surface area (Å²) in [5.74, 6) is 1.90. The summed E-state index contributed by atoms with van der Waals surface area (Å²) in [7, 11) is 0. The Morgan fingerprint density at radius 2 is 1.31 bits per heavy atom. The third-order valence-electron chi connectivity index (χ3n) is 3.47. The number of hydrogen-bond acceptors (Lipinski definition) is 0. The molecule has 1 atom stereocenters. The first-order valence-corrected chi connectivity index (χ1v) is 7.70. The Labute approximate surface area is 104 Å². The first kappa shape index (κ1) is 16.0. The van der Waals surface area contributed by atoms with Crippen molar-refractivity contribution < 1.29 is 0 Å². The van der Waals surface area contributed by atoms with E-state index in [1.807, 2.05) is 0 Å². The fourth-order valence-corrected chi connectivity index (χ4v) is 2.67. The normalized spacial score (nSPS) is 13.3. The van der Waals surface area contributed by atoms with Gasteiger partial charge in [0.25, 0.3) is 0 Å². The summed E-state index contributed by atoms with van der Waals surface area (Å²) >= 11 is 0. The van der Waals surface area contributed by atoms with E-state index in [2.05, 4.69) is 27.7 Å². The molecule has 0 aliphatic heterocycles. The van der Waals surface area contributed by atoms with Crippen LogP contribution in [0.1, 0.15) is 91.9 Å². The quantitative estimate of drug-likeness (QED) is 0.368. The molecule has 0 N–H and O–H groups in total. The van der Waals surface area contributed by atoms with Crippen molar-refractivity contribution in [3.63, 3.8) is 0 Å². The molecule has 0 bridgehead atoms. The molecule has 0 fully saturated rings. The summed E-state index contributed by atoms with van der Waals surface area (Å²) < 4.78 is 0. The molecule has 0 radical (unpaired) electrons. The lowest BCUT2D eigenvalue weighted by molar-refractivity contribution is 0.348. The van der Waals surface area contributed by atoms with Gasteiger partial charge in [-0.2, -0.15) is 0 Å². The van der Waals surface area contributed by atoms with Gasteiger partial charge < -0.3 is 0 Å². The molecule has 0 nitrogen and oxygen atoms in total. The number of unbranched alkanes of at least 4 members (excludes halogenated alkanes) is 5. The predicted molar refractivity (Wildman–Crippen MR) is 75.8 cm³/mol. The van der Waals surface area contributed by atoms with E-state index in [4.69, 9.17) is 0 Å². The van der Waals surface area contributed by atoms with E-state index in [1.165, 1.54) is 64.2 Å². The molecule has 0 aromatic carbocycles. The van der Waals surface area contributed by atoms with Crippen molar-refractivity contribution in [3.8, 4) is 0 Å². The number of hydrogen-bond donors (Lipinski definition) is 0. The SMILES string of the molecule is CCCCCCCCC(CCC)CC(C)C. The van der Waals surface area contributed by atoms with Gasteiger partial charge in [-0.1, -0.05) is 85.5 Å². The summed E-state index contributed by atoms with van der Waals surface area (Å²) in [6.07, 6.45) is 14.4. The Bertz CT molecular complexity index is 126. The molecule has 0 spiro atoms. The Morgan fingerprint density at radius 3 is 1.88 bits per heavy atom. The van der Waals surface area contributed by atoms with Gasteiger partial charge in [-0.3, -0.25) is 0 Å². The van der Waals surface area contributed by atoms with Gasteiger partial charge in [-0.05, 0) is 18.3 Å². The largest absolute Gasteiger partial charge is 0.0654 e. The maximum Gasteiger partial charge on any atom is -0.0412 e. The van der Waals surface area contributed by atoms with Gasteiger partial charge in [-0.15, -0.1) is 0 Å². The van der Waals surface area contributed by atoms with Crippen molar-refractivity contribution in [2.45, 2.75) is 91.9 Å². The van der Waals surface area contributed by atoms with Gasteiger partial charge in [0.05, 0.1) is 0 Å². The third kappa shape index (κ3) is 10.5. The van der Waals surface area contributed by atoms with Crippen LogP contribution < -0.4 is 0 Å². The summed E-state index contributed by atoms with van der Waals surface area (Å²) in [4.78, 5) is 0. The standard InChI is InChI=1S/C16H34/c1-5-7-8-9-10-11-13-16(12-6-2)14-15(3)4/h15-16H,5-14H2,1-4H3. The van der Waals surface area contributed by atoms with Crippen LogP contribution in [0.3, 0.4) is 0 Å². The van der Waals surface area contributed by atoms with Crippen molar-refractivity contribution in [1.82, 2.24) is 0 Å². The average Bonchev–Trinajstić information content (AvgIpc) is 2.22. The van der Waals surface area contributed by atoms with Crippen LogP contribution in [0, 0.1) is 11.8 Å². The highest BCUT2D eigenvalue weighted by Gasteiger charge is 2.09. The van der Waals surface area contributed by atoms with Gasteiger partial charge in [0.1, 0.15) is 0 Å². The lowest BCUT2D eigenvalue weighted by Gasteiger charge is -2.18. The summed E-state index contributed by atoms with van der Waals surface area (Å²) in [6.45, 7) is 9.35. The molecule has 0 aromatic heterocycles. The minimum Gasteiger partial charge on any atom is -0.0654 e. The topological polar surface area (TPSA) is 0 Å². The van der Waals surface area contributed by atoms with E-state index in [9.17, 15) is 0 Å². The summed E-state index contributed by atoms with van der Waals surface area (Å²) in [5.41, 5.74) is 0. The van der Waals surface area contributed by atoms with Gasteiger partial charge in [0, 0.05) is 0 Å². The van der Waals surface area contributed by atoms with Crippen LogP contribution >= 0.6 is 0 Å². The van der Waals surface area contributed by atoms with Gasteiger partial charge in [0.2, 0.25) is 0 Å². The summed E-state index contributed by atoms with van der Waals surface area (Å²) in [6, 6.07) is 0. The van der Waals surface area contributed by atoms with Crippen LogP contribution in [0.25, 0.3) is 0 Å². The lowest BCUT2D eigenvalue weighted by atomic mass is 9.88. The highest BCUT2D eigenvalue weighted by Crippen LogP contribution is 2.23. The molecule has 0 aliphatic carbocycles. The fraction of sp³-hybridized carbons (Fsp3) is 1.00. The van der Waals surface area contributed by atoms with Crippen LogP contribution in [-0.2, 0) is 0 Å². The van der Waals surface area contributed by atoms with E-state index in [-0.39, 0.29) is 0 Å². The highest BCUT2D eigenvalue weighted by atomic mass is 14.1. The molecule has 0 aromatic rings. The molecule has 0 saturated heterocycles. The Kier molecular flexibility index (Phi) is 11.5. The smallest absolute Gasteiger partial charge is 0.0412 e. The minimum absolute atomic E-state index is 0.886. The summed E-state index contributed by atoms with van der Waals surface area (Å²) in [5, 5.41) is 0. The molecule has 98 valence electrons. The predicted octanol–water partition coefficient (Wildman–Crippen LogP) is 6.20. The molecule has 1 unspecified atom stereocenters. The second kappa shape index (κ2) is 11.5. The van der Waals surface area contributed by atoms with Crippen LogP contribution in [0.4, 0.5) is 0 Å². The van der Waals surface area contributed by atoms with E-state index < -0.39 is 0 Å².